The molecule has 0 saturated heterocycles. The van der Waals surface area contributed by atoms with E-state index in [1.54, 1.807) is 28.8 Å². The van der Waals surface area contributed by atoms with Crippen molar-refractivity contribution in [2.45, 2.75) is 19.9 Å². The number of aryl methyl sites for hydroxylation is 1. The van der Waals surface area contributed by atoms with Crippen molar-refractivity contribution >= 4 is 26.5 Å². The van der Waals surface area contributed by atoms with E-state index < -0.39 is 0 Å². The van der Waals surface area contributed by atoms with Crippen molar-refractivity contribution in [3.8, 4) is 0 Å². The van der Waals surface area contributed by atoms with Crippen LogP contribution in [-0.2, 0) is 13.0 Å². The molecular weight excluding hydrogens is 279 g/mol. The number of amides is 1. The number of aromatic nitrogens is 1. The number of nitrogens with one attached hydrogen (secondary N) is 1. The molecule has 0 aliphatic heterocycles. The fourth-order valence-corrected chi connectivity index (χ4v) is 1.30. The van der Waals surface area contributed by atoms with Crippen LogP contribution in [0.1, 0.15) is 18.1 Å². The lowest BCUT2D eigenvalue weighted by molar-refractivity contribution is 0.262. The Balaban J connectivity index is 2.69. The predicted octanol–water partition coefficient (Wildman–Crippen LogP) is 2.29. The average Bonchev–Trinajstić information content (AvgIpc) is 2.15. The number of pyridine rings is 1. The first-order valence-corrected chi connectivity index (χ1v) is 5.17. The van der Waals surface area contributed by atoms with Gasteiger partial charge in [0.05, 0.1) is 0 Å². The minimum Gasteiger partial charge on any atom is -0.343 e. The van der Waals surface area contributed by atoms with Gasteiger partial charge in [0.25, 0.3) is 3.91 Å². The molecule has 0 fully saturated rings. The summed E-state index contributed by atoms with van der Waals surface area (Å²) in [6.45, 7) is 2.67. The molecule has 1 rings (SSSR count). The zero-order valence-electron chi connectivity index (χ0n) is 7.38. The molecule has 1 aromatic rings. The van der Waals surface area contributed by atoms with Crippen molar-refractivity contribution in [3.05, 3.63) is 29.6 Å². The van der Waals surface area contributed by atoms with Crippen LogP contribution in [0, 0.1) is 0 Å². The summed E-state index contributed by atoms with van der Waals surface area (Å²) in [5, 5.41) is 2.76. The normalized spacial score (nSPS) is 9.69. The topological polar surface area (TPSA) is 42.0 Å². The Bertz CT molecular complexity index is 301. The number of nitrogens with zero attached hydrogens (tertiary/aromatic N) is 1. The first-order valence-electron chi connectivity index (χ1n) is 4.09. The van der Waals surface area contributed by atoms with Crippen LogP contribution in [0.5, 0.6) is 0 Å². The Morgan fingerprint density at radius 2 is 2.38 bits per heavy atom. The lowest BCUT2D eigenvalue weighted by atomic mass is 10.1. The van der Waals surface area contributed by atoms with Crippen molar-refractivity contribution in [2.24, 2.45) is 0 Å². The van der Waals surface area contributed by atoms with Crippen LogP contribution in [0.15, 0.2) is 18.5 Å². The summed E-state index contributed by atoms with van der Waals surface area (Å²) in [6.07, 6.45) is 4.53. The molecule has 0 aromatic carbocycles. The molecule has 0 aliphatic carbocycles. The van der Waals surface area contributed by atoms with Gasteiger partial charge in [-0.25, -0.2) is 0 Å². The van der Waals surface area contributed by atoms with E-state index >= 15 is 0 Å². The van der Waals surface area contributed by atoms with E-state index in [-0.39, 0.29) is 3.91 Å². The van der Waals surface area contributed by atoms with E-state index in [0.717, 1.165) is 12.0 Å². The van der Waals surface area contributed by atoms with E-state index in [2.05, 4.69) is 17.2 Å². The van der Waals surface area contributed by atoms with Gasteiger partial charge in [-0.1, -0.05) is 6.92 Å². The highest BCUT2D eigenvalue weighted by Gasteiger charge is 2.00. The lowest BCUT2D eigenvalue weighted by Crippen LogP contribution is -2.16. The highest BCUT2D eigenvalue weighted by molar-refractivity contribution is 14.1. The molecule has 0 saturated carbocycles. The van der Waals surface area contributed by atoms with Gasteiger partial charge in [-0.2, -0.15) is 0 Å². The van der Waals surface area contributed by atoms with Gasteiger partial charge in [-0.3, -0.25) is 9.78 Å². The van der Waals surface area contributed by atoms with Crippen LogP contribution in [0.2, 0.25) is 0 Å². The van der Waals surface area contributed by atoms with Gasteiger partial charge in [0, 0.05) is 41.5 Å². The first kappa shape index (κ1) is 10.4. The van der Waals surface area contributed by atoms with E-state index in [4.69, 9.17) is 0 Å². The highest BCUT2D eigenvalue weighted by Crippen LogP contribution is 2.07. The smallest absolute Gasteiger partial charge is 0.280 e. The quantitative estimate of drug-likeness (QED) is 0.527. The third-order valence-electron chi connectivity index (χ3n) is 1.80. The second kappa shape index (κ2) is 5.16. The fourth-order valence-electron chi connectivity index (χ4n) is 1.11. The lowest BCUT2D eigenvalue weighted by Gasteiger charge is -2.06. The monoisotopic (exact) mass is 290 g/mol. The van der Waals surface area contributed by atoms with Crippen molar-refractivity contribution < 1.29 is 4.79 Å². The van der Waals surface area contributed by atoms with Gasteiger partial charge in [0.1, 0.15) is 0 Å². The molecule has 0 atom stereocenters. The third-order valence-corrected chi connectivity index (χ3v) is 2.18. The van der Waals surface area contributed by atoms with Crippen molar-refractivity contribution in [1.82, 2.24) is 10.3 Å². The zero-order valence-corrected chi connectivity index (χ0v) is 9.54. The van der Waals surface area contributed by atoms with Crippen molar-refractivity contribution in [1.29, 1.82) is 0 Å². The molecule has 1 N–H and O–H groups in total. The number of carbonyl (C=O) groups is 1. The summed E-state index contributed by atoms with van der Waals surface area (Å²) in [5.41, 5.74) is 2.33. The molecule has 1 aromatic heterocycles. The summed E-state index contributed by atoms with van der Waals surface area (Å²) < 4.78 is -0.0311. The molecule has 0 radical (unpaired) electrons. The standard InChI is InChI=1S/C9H11IN2O/c1-2-7-5-11-4-3-8(7)6-12-9(10)13/h3-5H,2,6H2,1H3,(H,12,13). The molecule has 0 aliphatic rings. The molecule has 4 heteroatoms. The first-order chi connectivity index (χ1) is 6.24. The summed E-state index contributed by atoms with van der Waals surface area (Å²) in [6, 6.07) is 1.94. The minimum absolute atomic E-state index is 0.0311. The van der Waals surface area contributed by atoms with Crippen LogP contribution < -0.4 is 5.32 Å². The molecule has 13 heavy (non-hydrogen) atoms. The number of rotatable bonds is 3. The maximum absolute atomic E-state index is 10.7. The van der Waals surface area contributed by atoms with Crippen LogP contribution in [0.25, 0.3) is 0 Å². The second-order valence-electron chi connectivity index (χ2n) is 2.63. The van der Waals surface area contributed by atoms with Crippen molar-refractivity contribution in [2.75, 3.05) is 0 Å². The molecule has 3 nitrogen and oxygen atoms in total. The Morgan fingerprint density at radius 1 is 1.62 bits per heavy atom. The van der Waals surface area contributed by atoms with E-state index in [9.17, 15) is 4.79 Å². The third kappa shape index (κ3) is 3.30. The molecule has 0 spiro atoms. The minimum atomic E-state index is -0.0311. The molecule has 70 valence electrons. The highest BCUT2D eigenvalue weighted by atomic mass is 127. The number of halogens is 1. The van der Waals surface area contributed by atoms with Gasteiger partial charge < -0.3 is 5.32 Å². The Morgan fingerprint density at radius 3 is 3.00 bits per heavy atom. The second-order valence-corrected chi connectivity index (χ2v) is 3.60. The maximum atomic E-state index is 10.7. The number of hydrogen-bond acceptors (Lipinski definition) is 2. The molecule has 1 heterocycles. The molecule has 0 unspecified atom stereocenters. The van der Waals surface area contributed by atoms with Crippen molar-refractivity contribution in [3.63, 3.8) is 0 Å². The summed E-state index contributed by atoms with van der Waals surface area (Å²) in [7, 11) is 0. The Hall–Kier alpha value is -0.650. The molecule has 1 amide bonds. The van der Waals surface area contributed by atoms with Gasteiger partial charge in [0.15, 0.2) is 0 Å². The largest absolute Gasteiger partial charge is 0.343 e. The zero-order chi connectivity index (χ0) is 9.68. The molecular formula is C9H11IN2O. The van der Waals surface area contributed by atoms with E-state index in [1.165, 1.54) is 5.56 Å². The van der Waals surface area contributed by atoms with Gasteiger partial charge in [0.2, 0.25) is 0 Å². The van der Waals surface area contributed by atoms with Gasteiger partial charge in [-0.05, 0) is 23.6 Å². The summed E-state index contributed by atoms with van der Waals surface area (Å²) in [5.74, 6) is 0. The number of carbonyl (C=O) groups excluding carboxylic acids is 1. The number of hydrogen-bond donors (Lipinski definition) is 1. The van der Waals surface area contributed by atoms with E-state index in [1.807, 2.05) is 12.3 Å². The maximum Gasteiger partial charge on any atom is 0.280 e. The summed E-state index contributed by atoms with van der Waals surface area (Å²) >= 11 is 1.73. The van der Waals surface area contributed by atoms with E-state index in [0.29, 0.717) is 6.54 Å². The summed E-state index contributed by atoms with van der Waals surface area (Å²) in [4.78, 5) is 14.7. The van der Waals surface area contributed by atoms with Crippen LogP contribution in [-0.4, -0.2) is 8.90 Å². The predicted molar refractivity (Wildman–Crippen MR) is 59.9 cm³/mol. The molecule has 0 bridgehead atoms. The fraction of sp³-hybridized carbons (Fsp3) is 0.333. The average molecular weight is 290 g/mol. The Kier molecular flexibility index (Phi) is 4.14. The Labute approximate surface area is 91.1 Å². The van der Waals surface area contributed by atoms with Crippen LogP contribution in [0.4, 0.5) is 4.79 Å². The van der Waals surface area contributed by atoms with Gasteiger partial charge >= 0.3 is 0 Å². The van der Waals surface area contributed by atoms with Gasteiger partial charge in [-0.15, -0.1) is 0 Å². The van der Waals surface area contributed by atoms with Crippen LogP contribution in [0.3, 0.4) is 0 Å². The SMILES string of the molecule is CCc1cnccc1CNC(=O)I. The van der Waals surface area contributed by atoms with Crippen LogP contribution >= 0.6 is 22.6 Å².